The summed E-state index contributed by atoms with van der Waals surface area (Å²) >= 11 is 7.60. The van der Waals surface area contributed by atoms with E-state index in [1.54, 1.807) is 12.1 Å². The number of carbonyl (C=O) groups is 1. The highest BCUT2D eigenvalue weighted by Crippen LogP contribution is 2.35. The molecule has 2 aromatic rings. The zero-order chi connectivity index (χ0) is 17.1. The third-order valence-corrected chi connectivity index (χ3v) is 5.37. The lowest BCUT2D eigenvalue weighted by Gasteiger charge is -2.06. The molecule has 0 spiro atoms. The van der Waals surface area contributed by atoms with Gasteiger partial charge >= 0.3 is 0 Å². The SMILES string of the molecule is O=C1NC(=S)S/C1=C/c1cc([N+](=O)[O-])ccc1Sc1ccccc1. The van der Waals surface area contributed by atoms with Gasteiger partial charge in [-0.1, -0.05) is 53.9 Å². The predicted molar refractivity (Wildman–Crippen MR) is 100.0 cm³/mol. The van der Waals surface area contributed by atoms with Crippen molar-refractivity contribution in [2.45, 2.75) is 9.79 Å². The fraction of sp³-hybridized carbons (Fsp3) is 0. The van der Waals surface area contributed by atoms with Gasteiger partial charge in [0.25, 0.3) is 11.6 Å². The third-order valence-electron chi connectivity index (χ3n) is 3.10. The highest BCUT2D eigenvalue weighted by atomic mass is 32.2. The smallest absolute Gasteiger partial charge is 0.270 e. The van der Waals surface area contributed by atoms with Gasteiger partial charge in [0.1, 0.15) is 4.32 Å². The monoisotopic (exact) mass is 374 g/mol. The molecule has 0 atom stereocenters. The molecular formula is C16H10N2O3S3. The van der Waals surface area contributed by atoms with Gasteiger partial charge in [0.05, 0.1) is 9.83 Å². The standard InChI is InChI=1S/C16H10N2O3S3/c19-15-14(24-16(22)17-15)9-10-8-11(18(20)21)6-7-13(10)23-12-4-2-1-3-5-12/h1-9H,(H,17,19,22)/b14-9+. The number of amides is 1. The van der Waals surface area contributed by atoms with Crippen LogP contribution in [0.1, 0.15) is 5.56 Å². The van der Waals surface area contributed by atoms with E-state index < -0.39 is 4.92 Å². The van der Waals surface area contributed by atoms with Crippen molar-refractivity contribution in [2.24, 2.45) is 0 Å². The summed E-state index contributed by atoms with van der Waals surface area (Å²) in [6, 6.07) is 14.3. The largest absolute Gasteiger partial charge is 0.307 e. The minimum Gasteiger partial charge on any atom is -0.307 e. The summed E-state index contributed by atoms with van der Waals surface area (Å²) in [5, 5.41) is 13.6. The Hall–Kier alpha value is -2.16. The van der Waals surface area contributed by atoms with Crippen LogP contribution in [-0.4, -0.2) is 15.2 Å². The van der Waals surface area contributed by atoms with Gasteiger partial charge in [0.15, 0.2) is 0 Å². The summed E-state index contributed by atoms with van der Waals surface area (Å²) in [5.74, 6) is -0.285. The molecule has 0 aliphatic carbocycles. The maximum atomic E-state index is 11.8. The molecule has 2 aromatic carbocycles. The van der Waals surface area contributed by atoms with E-state index in [4.69, 9.17) is 12.2 Å². The van der Waals surface area contributed by atoms with Crippen LogP contribution in [0.5, 0.6) is 0 Å². The predicted octanol–water partition coefficient (Wildman–Crippen LogP) is 4.23. The minimum absolute atomic E-state index is 0.0229. The Morgan fingerprint density at radius 3 is 2.58 bits per heavy atom. The fourth-order valence-corrected chi connectivity index (χ4v) is 3.99. The molecule has 8 heteroatoms. The molecule has 0 unspecified atom stereocenters. The molecule has 3 rings (SSSR count). The molecule has 1 aliphatic rings. The van der Waals surface area contributed by atoms with E-state index in [1.165, 1.54) is 23.9 Å². The van der Waals surface area contributed by atoms with Crippen LogP contribution in [0.4, 0.5) is 5.69 Å². The van der Waals surface area contributed by atoms with Crippen LogP contribution in [0.25, 0.3) is 6.08 Å². The first-order valence-electron chi connectivity index (χ1n) is 6.79. The number of rotatable bonds is 4. The molecule has 1 N–H and O–H groups in total. The van der Waals surface area contributed by atoms with E-state index in [2.05, 4.69) is 5.32 Å². The number of nitrogens with one attached hydrogen (secondary N) is 1. The summed E-state index contributed by atoms with van der Waals surface area (Å²) < 4.78 is 0.383. The first-order valence-corrected chi connectivity index (χ1v) is 8.83. The molecule has 1 saturated heterocycles. The van der Waals surface area contributed by atoms with Gasteiger partial charge in [-0.15, -0.1) is 0 Å². The zero-order valence-corrected chi connectivity index (χ0v) is 14.5. The number of non-ortho nitro benzene ring substituents is 1. The Morgan fingerprint density at radius 2 is 1.96 bits per heavy atom. The molecule has 1 aliphatic heterocycles. The lowest BCUT2D eigenvalue weighted by Crippen LogP contribution is -2.17. The summed E-state index contributed by atoms with van der Waals surface area (Å²) in [7, 11) is 0. The van der Waals surface area contributed by atoms with Gasteiger partial charge in [-0.3, -0.25) is 14.9 Å². The van der Waals surface area contributed by atoms with E-state index >= 15 is 0 Å². The van der Waals surface area contributed by atoms with Gasteiger partial charge in [0.2, 0.25) is 0 Å². The summed E-state index contributed by atoms with van der Waals surface area (Å²) in [5.41, 5.74) is 0.589. The molecule has 1 heterocycles. The number of nitro groups is 1. The van der Waals surface area contributed by atoms with E-state index in [0.717, 1.165) is 21.6 Å². The van der Waals surface area contributed by atoms with Crippen molar-refractivity contribution >= 4 is 57.7 Å². The van der Waals surface area contributed by atoms with Gasteiger partial charge in [-0.25, -0.2) is 0 Å². The van der Waals surface area contributed by atoms with Crippen molar-refractivity contribution < 1.29 is 9.72 Å². The average molecular weight is 374 g/mol. The maximum Gasteiger partial charge on any atom is 0.270 e. The third kappa shape index (κ3) is 3.84. The van der Waals surface area contributed by atoms with Crippen LogP contribution < -0.4 is 5.32 Å². The fourth-order valence-electron chi connectivity index (χ4n) is 2.03. The molecule has 1 fully saturated rings. The van der Waals surface area contributed by atoms with Gasteiger partial charge in [-0.05, 0) is 29.8 Å². The first-order chi connectivity index (χ1) is 11.5. The summed E-state index contributed by atoms with van der Waals surface area (Å²) in [4.78, 5) is 24.7. The number of hydrogen-bond acceptors (Lipinski definition) is 6. The van der Waals surface area contributed by atoms with Crippen LogP contribution in [0, 0.1) is 10.1 Å². The molecule has 0 bridgehead atoms. The van der Waals surface area contributed by atoms with Crippen molar-refractivity contribution in [1.82, 2.24) is 5.32 Å². The quantitative estimate of drug-likeness (QED) is 0.374. The van der Waals surface area contributed by atoms with Gasteiger partial charge in [-0.2, -0.15) is 0 Å². The molecule has 0 saturated carbocycles. The summed E-state index contributed by atoms with van der Waals surface area (Å²) in [6.45, 7) is 0. The van der Waals surface area contributed by atoms with Crippen molar-refractivity contribution in [1.29, 1.82) is 0 Å². The van der Waals surface area contributed by atoms with Crippen LogP contribution in [0.2, 0.25) is 0 Å². The lowest BCUT2D eigenvalue weighted by molar-refractivity contribution is -0.384. The van der Waals surface area contributed by atoms with Crippen LogP contribution >= 0.6 is 35.7 Å². The van der Waals surface area contributed by atoms with E-state index in [9.17, 15) is 14.9 Å². The highest BCUT2D eigenvalue weighted by Gasteiger charge is 2.23. The van der Waals surface area contributed by atoms with Gasteiger partial charge in [0, 0.05) is 21.9 Å². The number of carbonyl (C=O) groups excluding carboxylic acids is 1. The zero-order valence-electron chi connectivity index (χ0n) is 12.1. The Morgan fingerprint density at radius 1 is 1.21 bits per heavy atom. The molecule has 120 valence electrons. The van der Waals surface area contributed by atoms with Crippen molar-refractivity contribution in [2.75, 3.05) is 0 Å². The van der Waals surface area contributed by atoms with Gasteiger partial charge < -0.3 is 5.32 Å². The number of thiocarbonyl (C=S) groups is 1. The Kier molecular flexibility index (Phi) is 4.98. The Balaban J connectivity index is 2.02. The van der Waals surface area contributed by atoms with Crippen molar-refractivity contribution in [3.63, 3.8) is 0 Å². The normalized spacial score (nSPS) is 15.6. The molecule has 5 nitrogen and oxygen atoms in total. The lowest BCUT2D eigenvalue weighted by atomic mass is 10.2. The Labute approximate surface area is 151 Å². The first kappa shape index (κ1) is 16.7. The molecule has 24 heavy (non-hydrogen) atoms. The summed E-state index contributed by atoms with van der Waals surface area (Å²) in [6.07, 6.45) is 1.64. The van der Waals surface area contributed by atoms with E-state index in [1.807, 2.05) is 30.3 Å². The molecule has 0 aromatic heterocycles. The number of thioether (sulfide) groups is 1. The maximum absolute atomic E-state index is 11.8. The molecular weight excluding hydrogens is 364 g/mol. The second-order valence-corrected chi connectivity index (χ2v) is 7.58. The van der Waals surface area contributed by atoms with E-state index in [0.29, 0.717) is 14.8 Å². The average Bonchev–Trinajstić information content (AvgIpc) is 2.87. The Bertz CT molecular complexity index is 866. The second kappa shape index (κ2) is 7.16. The van der Waals surface area contributed by atoms with Crippen molar-refractivity contribution in [3.05, 3.63) is 69.1 Å². The van der Waals surface area contributed by atoms with Crippen LogP contribution in [0.15, 0.2) is 63.2 Å². The number of benzene rings is 2. The number of nitrogens with zero attached hydrogens (tertiary/aromatic N) is 1. The number of nitro benzene ring substituents is 1. The minimum atomic E-state index is -0.453. The van der Waals surface area contributed by atoms with Crippen LogP contribution in [-0.2, 0) is 4.79 Å². The van der Waals surface area contributed by atoms with Crippen LogP contribution in [0.3, 0.4) is 0 Å². The molecule has 0 radical (unpaired) electrons. The second-order valence-electron chi connectivity index (χ2n) is 4.75. The molecule has 1 amide bonds. The van der Waals surface area contributed by atoms with E-state index in [-0.39, 0.29) is 11.6 Å². The topological polar surface area (TPSA) is 72.2 Å². The number of hydrogen-bond donors (Lipinski definition) is 1. The highest BCUT2D eigenvalue weighted by molar-refractivity contribution is 8.26. The van der Waals surface area contributed by atoms with Crippen molar-refractivity contribution in [3.8, 4) is 0 Å².